The summed E-state index contributed by atoms with van der Waals surface area (Å²) in [5, 5.41) is 21.2. The minimum Gasteiger partial charge on any atom is -0.448 e. The Labute approximate surface area is 128 Å². The molecule has 114 valence electrons. The first-order chi connectivity index (χ1) is 10.3. The summed E-state index contributed by atoms with van der Waals surface area (Å²) in [6.45, 7) is 0.575. The zero-order valence-electron chi connectivity index (χ0n) is 11.7. The zero-order valence-corrected chi connectivity index (χ0v) is 12.5. The second-order valence-corrected chi connectivity index (χ2v) is 5.77. The molecule has 1 aliphatic rings. The van der Waals surface area contributed by atoms with E-state index in [0.29, 0.717) is 23.5 Å². The monoisotopic (exact) mass is 310 g/mol. The Morgan fingerprint density at radius 3 is 2.95 bits per heavy atom. The molecule has 0 unspecified atom stereocenters. The molecule has 1 aliphatic carbocycles. The number of nitrogens with one attached hydrogen (secondary N) is 1. The normalized spacial score (nSPS) is 22.6. The summed E-state index contributed by atoms with van der Waals surface area (Å²) in [6, 6.07) is 4.21. The van der Waals surface area contributed by atoms with Crippen LogP contribution in [0.2, 0.25) is 5.22 Å². The Morgan fingerprint density at radius 1 is 1.38 bits per heavy atom. The average Bonchev–Trinajstić information content (AvgIpc) is 3.14. The van der Waals surface area contributed by atoms with Gasteiger partial charge < -0.3 is 14.8 Å². The van der Waals surface area contributed by atoms with E-state index in [2.05, 4.69) is 15.6 Å². The maximum atomic E-state index is 9.11. The van der Waals surface area contributed by atoms with Crippen LogP contribution in [-0.2, 0) is 13.2 Å². The number of aromatic nitrogens is 3. The quantitative estimate of drug-likeness (QED) is 0.886. The molecule has 2 heterocycles. The van der Waals surface area contributed by atoms with Gasteiger partial charge in [0.1, 0.15) is 11.5 Å². The molecular weight excluding hydrogens is 292 g/mol. The molecule has 0 bridgehead atoms. The highest BCUT2D eigenvalue weighted by Gasteiger charge is 2.27. The van der Waals surface area contributed by atoms with Crippen LogP contribution >= 0.6 is 11.6 Å². The van der Waals surface area contributed by atoms with Crippen LogP contribution < -0.4 is 5.32 Å². The molecular formula is C14H19ClN4O2. The first kappa shape index (κ1) is 14.6. The Bertz CT molecular complexity index is 583. The van der Waals surface area contributed by atoms with Crippen LogP contribution in [0, 0.1) is 0 Å². The van der Waals surface area contributed by atoms with Crippen LogP contribution in [0.15, 0.2) is 22.7 Å². The fourth-order valence-corrected chi connectivity index (χ4v) is 3.05. The lowest BCUT2D eigenvalue weighted by atomic mass is 9.90. The summed E-state index contributed by atoms with van der Waals surface area (Å²) in [7, 11) is 0. The highest BCUT2D eigenvalue weighted by atomic mass is 35.5. The van der Waals surface area contributed by atoms with Crippen LogP contribution in [0.25, 0.3) is 0 Å². The van der Waals surface area contributed by atoms with Crippen molar-refractivity contribution in [3.8, 4) is 0 Å². The third-order valence-corrected chi connectivity index (χ3v) is 4.16. The molecule has 2 aromatic rings. The maximum absolute atomic E-state index is 9.11. The maximum Gasteiger partial charge on any atom is 0.193 e. The first-order valence-electron chi connectivity index (χ1n) is 7.25. The van der Waals surface area contributed by atoms with Crippen LogP contribution in [0.1, 0.15) is 43.2 Å². The summed E-state index contributed by atoms with van der Waals surface area (Å²) >= 11 is 5.78. The van der Waals surface area contributed by atoms with Crippen molar-refractivity contribution in [3.05, 3.63) is 35.0 Å². The number of halogens is 1. The SMILES string of the molecule is OCc1cn([C@@H]2CCCC[C@@H]2NCc2ccc(Cl)o2)nn1. The minimum absolute atomic E-state index is 0.0737. The van der Waals surface area contributed by atoms with E-state index in [-0.39, 0.29) is 12.6 Å². The first-order valence-corrected chi connectivity index (χ1v) is 7.63. The predicted octanol–water partition coefficient (Wildman–Crippen LogP) is 2.29. The van der Waals surface area contributed by atoms with Gasteiger partial charge in [-0.3, -0.25) is 0 Å². The smallest absolute Gasteiger partial charge is 0.193 e. The second kappa shape index (κ2) is 6.60. The molecule has 2 atom stereocenters. The molecule has 6 nitrogen and oxygen atoms in total. The van der Waals surface area contributed by atoms with E-state index in [1.807, 2.05) is 16.9 Å². The topological polar surface area (TPSA) is 76.1 Å². The molecule has 21 heavy (non-hydrogen) atoms. The predicted molar refractivity (Wildman–Crippen MR) is 77.8 cm³/mol. The lowest BCUT2D eigenvalue weighted by Gasteiger charge is -2.31. The van der Waals surface area contributed by atoms with E-state index in [1.165, 1.54) is 12.8 Å². The van der Waals surface area contributed by atoms with E-state index in [9.17, 15) is 0 Å². The Balaban J connectivity index is 1.66. The van der Waals surface area contributed by atoms with Crippen molar-refractivity contribution in [2.75, 3.05) is 0 Å². The van der Waals surface area contributed by atoms with Crippen molar-refractivity contribution >= 4 is 11.6 Å². The Kier molecular flexibility index (Phi) is 4.57. The molecule has 1 saturated carbocycles. The number of rotatable bonds is 5. The average molecular weight is 311 g/mol. The molecule has 0 aliphatic heterocycles. The van der Waals surface area contributed by atoms with Gasteiger partial charge in [0.25, 0.3) is 0 Å². The Morgan fingerprint density at radius 2 is 2.24 bits per heavy atom. The molecule has 7 heteroatoms. The second-order valence-electron chi connectivity index (χ2n) is 5.39. The summed E-state index contributed by atoms with van der Waals surface area (Å²) < 4.78 is 7.24. The van der Waals surface area contributed by atoms with E-state index < -0.39 is 0 Å². The van der Waals surface area contributed by atoms with E-state index in [1.54, 1.807) is 6.07 Å². The third kappa shape index (κ3) is 3.45. The van der Waals surface area contributed by atoms with Crippen LogP contribution in [0.3, 0.4) is 0 Å². The molecule has 0 aromatic carbocycles. The lowest BCUT2D eigenvalue weighted by Crippen LogP contribution is -2.39. The summed E-state index contributed by atoms with van der Waals surface area (Å²) in [4.78, 5) is 0. The number of nitrogens with zero attached hydrogens (tertiary/aromatic N) is 3. The van der Waals surface area contributed by atoms with Crippen LogP contribution in [0.5, 0.6) is 0 Å². The van der Waals surface area contributed by atoms with Gasteiger partial charge in [-0.25, -0.2) is 4.68 Å². The fraction of sp³-hybridized carbons (Fsp3) is 0.571. The van der Waals surface area contributed by atoms with E-state index >= 15 is 0 Å². The van der Waals surface area contributed by atoms with Crippen LogP contribution in [0.4, 0.5) is 0 Å². The number of hydrogen-bond acceptors (Lipinski definition) is 5. The largest absolute Gasteiger partial charge is 0.448 e. The van der Waals surface area contributed by atoms with Gasteiger partial charge in [-0.05, 0) is 36.6 Å². The number of aliphatic hydroxyl groups excluding tert-OH is 1. The molecule has 0 spiro atoms. The highest BCUT2D eigenvalue weighted by molar-refractivity contribution is 6.28. The van der Waals surface area contributed by atoms with E-state index in [4.69, 9.17) is 21.1 Å². The summed E-state index contributed by atoms with van der Waals surface area (Å²) in [6.07, 6.45) is 6.37. The van der Waals surface area contributed by atoms with Crippen molar-refractivity contribution in [2.24, 2.45) is 0 Å². The van der Waals surface area contributed by atoms with E-state index in [0.717, 1.165) is 18.6 Å². The number of hydrogen-bond donors (Lipinski definition) is 2. The van der Waals surface area contributed by atoms with Gasteiger partial charge in [-0.2, -0.15) is 0 Å². The van der Waals surface area contributed by atoms with Crippen molar-refractivity contribution in [1.82, 2.24) is 20.3 Å². The fourth-order valence-electron chi connectivity index (χ4n) is 2.89. The molecule has 0 radical (unpaired) electrons. The van der Waals surface area contributed by atoms with Gasteiger partial charge >= 0.3 is 0 Å². The van der Waals surface area contributed by atoms with Crippen LogP contribution in [-0.4, -0.2) is 26.1 Å². The molecule has 2 N–H and O–H groups in total. The van der Waals surface area contributed by atoms with Crippen molar-refractivity contribution in [1.29, 1.82) is 0 Å². The van der Waals surface area contributed by atoms with Gasteiger partial charge in [0.15, 0.2) is 5.22 Å². The lowest BCUT2D eigenvalue weighted by molar-refractivity contribution is 0.238. The van der Waals surface area contributed by atoms with Gasteiger partial charge in [-0.15, -0.1) is 5.10 Å². The van der Waals surface area contributed by atoms with Gasteiger partial charge in [0.2, 0.25) is 0 Å². The van der Waals surface area contributed by atoms with Crippen molar-refractivity contribution in [2.45, 2.75) is 50.9 Å². The highest BCUT2D eigenvalue weighted by Crippen LogP contribution is 2.28. The van der Waals surface area contributed by atoms with Crippen molar-refractivity contribution in [3.63, 3.8) is 0 Å². The van der Waals surface area contributed by atoms with Crippen molar-refractivity contribution < 1.29 is 9.52 Å². The number of aliphatic hydroxyl groups is 1. The zero-order chi connectivity index (χ0) is 14.7. The summed E-state index contributed by atoms with van der Waals surface area (Å²) in [5.74, 6) is 0.832. The minimum atomic E-state index is -0.0737. The Hall–Kier alpha value is -1.37. The molecule has 3 rings (SSSR count). The summed E-state index contributed by atoms with van der Waals surface area (Å²) in [5.41, 5.74) is 0.608. The number of furan rings is 1. The standard InChI is InChI=1S/C14H19ClN4O2/c15-14-6-5-11(21-14)7-16-12-3-1-2-4-13(12)19-8-10(9-20)17-18-19/h5-6,8,12-13,16,20H,1-4,7,9H2/t12-,13+/m0/s1. The molecule has 0 saturated heterocycles. The third-order valence-electron chi connectivity index (χ3n) is 3.96. The molecule has 2 aromatic heterocycles. The molecule has 0 amide bonds. The van der Waals surface area contributed by atoms with Gasteiger partial charge in [0, 0.05) is 6.04 Å². The van der Waals surface area contributed by atoms with Gasteiger partial charge in [0.05, 0.1) is 25.4 Å². The van der Waals surface area contributed by atoms with Gasteiger partial charge in [-0.1, -0.05) is 18.1 Å². The molecule has 1 fully saturated rings.